The van der Waals surface area contributed by atoms with Crippen molar-refractivity contribution in [2.45, 2.75) is 6.54 Å². The van der Waals surface area contributed by atoms with Crippen LogP contribution < -0.4 is 11.1 Å². The Morgan fingerprint density at radius 3 is 2.52 bits per heavy atom. The molecule has 0 fully saturated rings. The maximum absolute atomic E-state index is 14.3. The lowest BCUT2D eigenvalue weighted by Gasteiger charge is -2.13. The molecule has 0 aliphatic carbocycles. The molecule has 0 heterocycles. The van der Waals surface area contributed by atoms with E-state index in [0.717, 1.165) is 6.07 Å². The average Bonchev–Trinajstić information content (AvgIpc) is 2.72. The molecule has 0 unspecified atom stereocenters. The first-order chi connectivity index (χ1) is 13.9. The van der Waals surface area contributed by atoms with E-state index in [4.69, 9.17) is 16.4 Å². The molecular formula is C22H16F2N4O. The third-order valence-corrected chi connectivity index (χ3v) is 4.29. The number of carbonyl (C=O) groups is 1. The van der Waals surface area contributed by atoms with Gasteiger partial charge in [0.05, 0.1) is 17.3 Å². The molecule has 4 N–H and O–H groups in total. The molecule has 0 radical (unpaired) electrons. The van der Waals surface area contributed by atoms with Crippen LogP contribution in [0.15, 0.2) is 60.7 Å². The van der Waals surface area contributed by atoms with Crippen molar-refractivity contribution in [1.29, 1.82) is 10.7 Å². The zero-order valence-electron chi connectivity index (χ0n) is 15.2. The van der Waals surface area contributed by atoms with E-state index in [2.05, 4.69) is 5.32 Å². The van der Waals surface area contributed by atoms with E-state index in [-0.39, 0.29) is 34.6 Å². The second kappa shape index (κ2) is 8.31. The minimum atomic E-state index is -0.635. The Hall–Kier alpha value is -4.05. The lowest BCUT2D eigenvalue weighted by molar-refractivity contribution is 0.0950. The van der Waals surface area contributed by atoms with Gasteiger partial charge >= 0.3 is 0 Å². The van der Waals surface area contributed by atoms with E-state index < -0.39 is 17.5 Å². The van der Waals surface area contributed by atoms with Gasteiger partial charge in [-0.15, -0.1) is 0 Å². The fraction of sp³-hybridized carbons (Fsp3) is 0.0455. The van der Waals surface area contributed by atoms with Crippen molar-refractivity contribution >= 4 is 17.3 Å². The molecule has 29 heavy (non-hydrogen) atoms. The predicted octanol–water partition coefficient (Wildman–Crippen LogP) is 3.76. The highest BCUT2D eigenvalue weighted by atomic mass is 19.1. The van der Waals surface area contributed by atoms with Gasteiger partial charge in [-0.2, -0.15) is 5.26 Å². The number of nitrogen functional groups attached to an aromatic ring is 1. The highest BCUT2D eigenvalue weighted by Gasteiger charge is 2.15. The molecule has 3 rings (SSSR count). The van der Waals surface area contributed by atoms with Crippen LogP contribution in [0.3, 0.4) is 0 Å². The first-order valence-corrected chi connectivity index (χ1v) is 8.60. The number of anilines is 1. The molecule has 0 spiro atoms. The standard InChI is InChI=1S/C22H16F2N4O/c23-17-6-2-4-14(8-17)21(27)18-9-16(19(24)10-20(18)26)12-28-22(29)15-5-1-3-13(7-15)11-25/h1-10,27H,12,26H2,(H,28,29). The molecule has 7 heteroatoms. The number of hydrogen-bond donors (Lipinski definition) is 3. The fourth-order valence-corrected chi connectivity index (χ4v) is 2.79. The molecule has 0 aliphatic rings. The summed E-state index contributed by atoms with van der Waals surface area (Å²) in [4.78, 5) is 12.3. The maximum Gasteiger partial charge on any atom is 0.251 e. The molecule has 1 amide bonds. The molecule has 0 saturated heterocycles. The van der Waals surface area contributed by atoms with E-state index in [1.165, 1.54) is 30.3 Å². The summed E-state index contributed by atoms with van der Waals surface area (Å²) in [5, 5.41) is 19.8. The van der Waals surface area contributed by atoms with Gasteiger partial charge in [-0.3, -0.25) is 10.2 Å². The van der Waals surface area contributed by atoms with Crippen LogP contribution >= 0.6 is 0 Å². The summed E-state index contributed by atoms with van der Waals surface area (Å²) >= 11 is 0. The van der Waals surface area contributed by atoms with Gasteiger partial charge in [0, 0.05) is 34.5 Å². The SMILES string of the molecule is N#Cc1cccc(C(=O)NCc2cc(C(=N)c3cccc(F)c3)c(N)cc2F)c1. The van der Waals surface area contributed by atoms with Crippen molar-refractivity contribution < 1.29 is 13.6 Å². The van der Waals surface area contributed by atoms with Gasteiger partial charge in [-0.25, -0.2) is 8.78 Å². The highest BCUT2D eigenvalue weighted by Crippen LogP contribution is 2.22. The second-order valence-corrected chi connectivity index (χ2v) is 6.29. The van der Waals surface area contributed by atoms with Crippen molar-refractivity contribution in [1.82, 2.24) is 5.32 Å². The third-order valence-electron chi connectivity index (χ3n) is 4.29. The molecule has 5 nitrogen and oxygen atoms in total. The van der Waals surface area contributed by atoms with Crippen LogP contribution in [-0.2, 0) is 6.54 Å². The van der Waals surface area contributed by atoms with E-state index >= 15 is 0 Å². The van der Waals surface area contributed by atoms with Crippen molar-refractivity contribution in [3.63, 3.8) is 0 Å². The van der Waals surface area contributed by atoms with E-state index in [1.807, 2.05) is 6.07 Å². The van der Waals surface area contributed by atoms with Gasteiger partial charge in [-0.05, 0) is 42.5 Å². The molecular weight excluding hydrogens is 374 g/mol. The van der Waals surface area contributed by atoms with Crippen LogP contribution in [0.25, 0.3) is 0 Å². The van der Waals surface area contributed by atoms with Crippen LogP contribution in [0.1, 0.15) is 32.6 Å². The van der Waals surface area contributed by atoms with E-state index in [0.29, 0.717) is 11.1 Å². The van der Waals surface area contributed by atoms with Gasteiger partial charge in [-0.1, -0.05) is 18.2 Å². The van der Waals surface area contributed by atoms with Crippen molar-refractivity contribution in [2.75, 3.05) is 5.73 Å². The third kappa shape index (κ3) is 4.45. The summed E-state index contributed by atoms with van der Waals surface area (Å²) in [5.41, 5.74) is 7.09. The largest absolute Gasteiger partial charge is 0.398 e. The number of nitrogens with zero attached hydrogens (tertiary/aromatic N) is 1. The number of rotatable bonds is 5. The van der Waals surface area contributed by atoms with E-state index in [1.54, 1.807) is 24.3 Å². The second-order valence-electron chi connectivity index (χ2n) is 6.29. The van der Waals surface area contributed by atoms with Crippen LogP contribution in [0.2, 0.25) is 0 Å². The number of hydrogen-bond acceptors (Lipinski definition) is 4. The number of nitrogens with two attached hydrogens (primary N) is 1. The van der Waals surface area contributed by atoms with Crippen molar-refractivity contribution in [3.8, 4) is 6.07 Å². The summed E-state index contributed by atoms with van der Waals surface area (Å²) < 4.78 is 27.8. The molecule has 0 bridgehead atoms. The Morgan fingerprint density at radius 1 is 1.07 bits per heavy atom. The Balaban J connectivity index is 1.83. The Morgan fingerprint density at radius 2 is 1.79 bits per heavy atom. The molecule has 0 atom stereocenters. The minimum absolute atomic E-state index is 0.0357. The maximum atomic E-state index is 14.3. The summed E-state index contributed by atoms with van der Waals surface area (Å²) in [6.07, 6.45) is 0. The van der Waals surface area contributed by atoms with Crippen LogP contribution in [0, 0.1) is 28.4 Å². The fourth-order valence-electron chi connectivity index (χ4n) is 2.79. The molecule has 3 aromatic carbocycles. The average molecular weight is 390 g/mol. The Bertz CT molecular complexity index is 1150. The van der Waals surface area contributed by atoms with Gasteiger partial charge in [0.15, 0.2) is 0 Å². The molecule has 0 aromatic heterocycles. The smallest absolute Gasteiger partial charge is 0.251 e. The van der Waals surface area contributed by atoms with Crippen LogP contribution in [-0.4, -0.2) is 11.6 Å². The number of carbonyl (C=O) groups excluding carboxylic acids is 1. The van der Waals surface area contributed by atoms with Crippen LogP contribution in [0.4, 0.5) is 14.5 Å². The topological polar surface area (TPSA) is 103 Å². The zero-order chi connectivity index (χ0) is 21.0. The Labute approximate surface area is 165 Å². The number of amides is 1. The first-order valence-electron chi connectivity index (χ1n) is 8.60. The molecule has 3 aromatic rings. The Kier molecular flexibility index (Phi) is 5.65. The highest BCUT2D eigenvalue weighted by molar-refractivity contribution is 6.13. The van der Waals surface area contributed by atoms with E-state index in [9.17, 15) is 13.6 Å². The first kappa shape index (κ1) is 19.7. The lowest BCUT2D eigenvalue weighted by Crippen LogP contribution is -2.23. The van der Waals surface area contributed by atoms with Gasteiger partial charge in [0.2, 0.25) is 0 Å². The number of nitriles is 1. The monoisotopic (exact) mass is 390 g/mol. The van der Waals surface area contributed by atoms with Gasteiger partial charge in [0.25, 0.3) is 5.91 Å². The number of halogens is 2. The van der Waals surface area contributed by atoms with Crippen molar-refractivity contribution in [3.05, 3.63) is 100 Å². The number of benzene rings is 3. The number of nitrogens with one attached hydrogen (secondary N) is 2. The molecule has 144 valence electrons. The van der Waals surface area contributed by atoms with Gasteiger partial charge < -0.3 is 11.1 Å². The minimum Gasteiger partial charge on any atom is -0.398 e. The van der Waals surface area contributed by atoms with Crippen LogP contribution in [0.5, 0.6) is 0 Å². The normalized spacial score (nSPS) is 10.2. The summed E-state index contributed by atoms with van der Waals surface area (Å²) in [6, 6.07) is 16.0. The quantitative estimate of drug-likeness (QED) is 0.456. The summed E-state index contributed by atoms with van der Waals surface area (Å²) in [5.74, 6) is -1.61. The van der Waals surface area contributed by atoms with Gasteiger partial charge in [0.1, 0.15) is 11.6 Å². The van der Waals surface area contributed by atoms with Crippen molar-refractivity contribution in [2.24, 2.45) is 0 Å². The zero-order valence-corrected chi connectivity index (χ0v) is 15.2. The summed E-state index contributed by atoms with van der Waals surface area (Å²) in [6.45, 7) is -0.148. The lowest BCUT2D eigenvalue weighted by atomic mass is 9.98. The summed E-state index contributed by atoms with van der Waals surface area (Å²) in [7, 11) is 0. The molecule has 0 aliphatic heterocycles. The molecule has 0 saturated carbocycles. The predicted molar refractivity (Wildman–Crippen MR) is 105 cm³/mol.